The molecule has 0 fully saturated rings. The fraction of sp³-hybridized carbons (Fsp3) is 0.235. The molecule has 2 aromatic carbocycles. The van der Waals surface area contributed by atoms with E-state index in [1.54, 1.807) is 0 Å². The summed E-state index contributed by atoms with van der Waals surface area (Å²) in [7, 11) is 0. The third kappa shape index (κ3) is 3.10. The van der Waals surface area contributed by atoms with E-state index in [2.05, 4.69) is 22.0 Å². The zero-order valence-electron chi connectivity index (χ0n) is 11.7. The van der Waals surface area contributed by atoms with Crippen LogP contribution in [0.25, 0.3) is 0 Å². The summed E-state index contributed by atoms with van der Waals surface area (Å²) in [6.07, 6.45) is 1.31. The number of fused-ring (bicyclic) bond motifs is 1. The Morgan fingerprint density at radius 3 is 2.86 bits per heavy atom. The molecule has 4 heteroatoms. The lowest BCUT2D eigenvalue weighted by Crippen LogP contribution is -2.37. The molecule has 0 aliphatic carbocycles. The molecule has 0 aromatic heterocycles. The molecule has 108 valence electrons. The van der Waals surface area contributed by atoms with E-state index in [1.165, 1.54) is 5.56 Å². The number of nitrogen functional groups attached to an aromatic ring is 1. The first-order chi connectivity index (χ1) is 10.1. The molecule has 1 amide bonds. The normalized spacial score (nSPS) is 13.9. The first-order valence-electron chi connectivity index (χ1n) is 7.02. The van der Waals surface area contributed by atoms with Crippen molar-refractivity contribution in [3.8, 4) is 0 Å². The first-order valence-corrected chi connectivity index (χ1v) is 7.81. The van der Waals surface area contributed by atoms with Gasteiger partial charge in [-0.3, -0.25) is 4.79 Å². The Kier molecular flexibility index (Phi) is 3.97. The molecule has 0 radical (unpaired) electrons. The lowest BCUT2D eigenvalue weighted by Gasteiger charge is -2.30. The summed E-state index contributed by atoms with van der Waals surface area (Å²) in [4.78, 5) is 14.4. The molecular formula is C17H17BrN2O. The highest BCUT2D eigenvalue weighted by atomic mass is 79.9. The maximum Gasteiger partial charge on any atom is 0.227 e. The van der Waals surface area contributed by atoms with Gasteiger partial charge in [0.05, 0.1) is 6.42 Å². The smallest absolute Gasteiger partial charge is 0.227 e. The quantitative estimate of drug-likeness (QED) is 0.850. The van der Waals surface area contributed by atoms with Crippen LogP contribution in [0.5, 0.6) is 0 Å². The first kappa shape index (κ1) is 14.1. The number of nitrogens with zero attached hydrogens (tertiary/aromatic N) is 1. The van der Waals surface area contributed by atoms with Crippen molar-refractivity contribution < 1.29 is 4.79 Å². The largest absolute Gasteiger partial charge is 0.398 e. The van der Waals surface area contributed by atoms with Crippen LogP contribution in [0.3, 0.4) is 0 Å². The summed E-state index contributed by atoms with van der Waals surface area (Å²) in [6, 6.07) is 13.9. The highest BCUT2D eigenvalue weighted by molar-refractivity contribution is 9.10. The van der Waals surface area contributed by atoms with Crippen molar-refractivity contribution in [3.05, 3.63) is 63.6 Å². The number of amides is 1. The zero-order chi connectivity index (χ0) is 14.8. The Balaban J connectivity index is 1.74. The van der Waals surface area contributed by atoms with Gasteiger partial charge in [0.15, 0.2) is 0 Å². The van der Waals surface area contributed by atoms with Gasteiger partial charge in [-0.15, -0.1) is 0 Å². The number of carbonyl (C=O) groups excluding carboxylic acids is 1. The second kappa shape index (κ2) is 5.90. The summed E-state index contributed by atoms with van der Waals surface area (Å²) in [6.45, 7) is 1.39. The lowest BCUT2D eigenvalue weighted by molar-refractivity contribution is -0.131. The maximum atomic E-state index is 12.5. The summed E-state index contributed by atoms with van der Waals surface area (Å²) in [5.74, 6) is 0.155. The lowest BCUT2D eigenvalue weighted by atomic mass is 9.97. The number of carbonyl (C=O) groups is 1. The minimum absolute atomic E-state index is 0.155. The van der Waals surface area contributed by atoms with E-state index < -0.39 is 0 Å². The molecule has 1 aliphatic rings. The van der Waals surface area contributed by atoms with E-state index in [0.29, 0.717) is 13.0 Å². The number of anilines is 1. The molecule has 2 N–H and O–H groups in total. The third-order valence-corrected chi connectivity index (χ3v) is 4.40. The summed E-state index contributed by atoms with van der Waals surface area (Å²) >= 11 is 3.44. The van der Waals surface area contributed by atoms with Crippen LogP contribution in [0.4, 0.5) is 5.69 Å². The Morgan fingerprint density at radius 1 is 1.24 bits per heavy atom. The number of benzene rings is 2. The minimum Gasteiger partial charge on any atom is -0.398 e. The third-order valence-electron chi connectivity index (χ3n) is 3.91. The van der Waals surface area contributed by atoms with Gasteiger partial charge in [0.25, 0.3) is 0 Å². The van der Waals surface area contributed by atoms with E-state index in [9.17, 15) is 4.79 Å². The van der Waals surface area contributed by atoms with E-state index in [4.69, 9.17) is 5.73 Å². The van der Waals surface area contributed by atoms with Crippen LogP contribution in [-0.4, -0.2) is 17.4 Å². The highest BCUT2D eigenvalue weighted by Gasteiger charge is 2.22. The molecule has 1 heterocycles. The van der Waals surface area contributed by atoms with Crippen molar-refractivity contribution in [2.24, 2.45) is 0 Å². The van der Waals surface area contributed by atoms with E-state index in [0.717, 1.165) is 34.3 Å². The number of hydrogen-bond donors (Lipinski definition) is 1. The molecule has 0 saturated heterocycles. The number of halogens is 1. The Bertz CT molecular complexity index is 684. The fourth-order valence-corrected chi connectivity index (χ4v) is 3.20. The topological polar surface area (TPSA) is 46.3 Å². The molecular weight excluding hydrogens is 328 g/mol. The van der Waals surface area contributed by atoms with Crippen molar-refractivity contribution >= 4 is 27.5 Å². The Labute approximate surface area is 132 Å². The summed E-state index contributed by atoms with van der Waals surface area (Å²) in [5, 5.41) is 0. The molecule has 0 atom stereocenters. The van der Waals surface area contributed by atoms with E-state index >= 15 is 0 Å². The summed E-state index contributed by atoms with van der Waals surface area (Å²) < 4.78 is 1.00. The second-order valence-electron chi connectivity index (χ2n) is 5.36. The fourth-order valence-electron chi connectivity index (χ4n) is 2.75. The minimum atomic E-state index is 0.155. The van der Waals surface area contributed by atoms with Gasteiger partial charge in [-0.1, -0.05) is 40.2 Å². The second-order valence-corrected chi connectivity index (χ2v) is 6.27. The average Bonchev–Trinajstić information content (AvgIpc) is 2.47. The van der Waals surface area contributed by atoms with Crippen molar-refractivity contribution in [1.82, 2.24) is 4.90 Å². The van der Waals surface area contributed by atoms with Crippen molar-refractivity contribution in [2.75, 3.05) is 12.3 Å². The highest BCUT2D eigenvalue weighted by Crippen LogP contribution is 2.24. The van der Waals surface area contributed by atoms with Crippen LogP contribution >= 0.6 is 15.9 Å². The molecule has 0 unspecified atom stereocenters. The Hall–Kier alpha value is -1.81. The van der Waals surface area contributed by atoms with Gasteiger partial charge in [-0.25, -0.2) is 0 Å². The van der Waals surface area contributed by atoms with Crippen molar-refractivity contribution in [3.63, 3.8) is 0 Å². The molecule has 2 aromatic rings. The molecule has 0 saturated carbocycles. The van der Waals surface area contributed by atoms with Gasteiger partial charge < -0.3 is 10.6 Å². The SMILES string of the molecule is Nc1cccc2c1CN(C(=O)Cc1cccc(Br)c1)CC2. The van der Waals surface area contributed by atoms with Gasteiger partial charge in [0.1, 0.15) is 0 Å². The monoisotopic (exact) mass is 344 g/mol. The maximum absolute atomic E-state index is 12.5. The van der Waals surface area contributed by atoms with Gasteiger partial charge in [-0.05, 0) is 41.3 Å². The van der Waals surface area contributed by atoms with E-state index in [1.807, 2.05) is 41.3 Å². The molecule has 0 bridgehead atoms. The number of nitrogens with two attached hydrogens (primary N) is 1. The van der Waals surface area contributed by atoms with Crippen LogP contribution in [-0.2, 0) is 24.2 Å². The molecule has 1 aliphatic heterocycles. The molecule has 3 rings (SSSR count). The van der Waals surface area contributed by atoms with Crippen LogP contribution in [0.2, 0.25) is 0 Å². The average molecular weight is 345 g/mol. The van der Waals surface area contributed by atoms with Crippen molar-refractivity contribution in [2.45, 2.75) is 19.4 Å². The van der Waals surface area contributed by atoms with Gasteiger partial charge >= 0.3 is 0 Å². The van der Waals surface area contributed by atoms with Crippen LogP contribution < -0.4 is 5.73 Å². The molecule has 0 spiro atoms. The van der Waals surface area contributed by atoms with E-state index in [-0.39, 0.29) is 5.91 Å². The van der Waals surface area contributed by atoms with Crippen molar-refractivity contribution in [1.29, 1.82) is 0 Å². The Morgan fingerprint density at radius 2 is 2.05 bits per heavy atom. The molecule has 21 heavy (non-hydrogen) atoms. The van der Waals surface area contributed by atoms with Gasteiger partial charge in [0, 0.05) is 23.2 Å². The van der Waals surface area contributed by atoms with Crippen LogP contribution in [0.15, 0.2) is 46.9 Å². The zero-order valence-corrected chi connectivity index (χ0v) is 13.3. The van der Waals surface area contributed by atoms with Crippen LogP contribution in [0.1, 0.15) is 16.7 Å². The standard InChI is InChI=1S/C17H17BrN2O/c18-14-5-1-3-12(9-14)10-17(21)20-8-7-13-4-2-6-16(19)15(13)11-20/h1-6,9H,7-8,10-11,19H2. The molecule has 3 nitrogen and oxygen atoms in total. The van der Waals surface area contributed by atoms with Crippen LogP contribution in [0, 0.1) is 0 Å². The predicted molar refractivity (Wildman–Crippen MR) is 87.8 cm³/mol. The number of hydrogen-bond acceptors (Lipinski definition) is 2. The summed E-state index contributed by atoms with van der Waals surface area (Å²) in [5.41, 5.74) is 10.2. The van der Waals surface area contributed by atoms with Gasteiger partial charge in [0.2, 0.25) is 5.91 Å². The van der Waals surface area contributed by atoms with Gasteiger partial charge in [-0.2, -0.15) is 0 Å². The number of rotatable bonds is 2. The predicted octanol–water partition coefficient (Wildman–Crippen LogP) is 3.16.